The van der Waals surface area contributed by atoms with E-state index < -0.39 is 0 Å². The van der Waals surface area contributed by atoms with Crippen molar-refractivity contribution >= 4 is 27.4 Å². The number of allylic oxidation sites excluding steroid dienone is 4. The van der Waals surface area contributed by atoms with Gasteiger partial charge in [0.1, 0.15) is 0 Å². The summed E-state index contributed by atoms with van der Waals surface area (Å²) in [4.78, 5) is 21.4. The van der Waals surface area contributed by atoms with E-state index in [-0.39, 0.29) is 47.5 Å². The Bertz CT molecular complexity index is 483. The Labute approximate surface area is 220 Å². The van der Waals surface area contributed by atoms with Crippen molar-refractivity contribution < 1.29 is 39.2 Å². The van der Waals surface area contributed by atoms with Crippen molar-refractivity contribution in [2.24, 2.45) is 0 Å². The van der Waals surface area contributed by atoms with Gasteiger partial charge in [0.25, 0.3) is 0 Å². The molecule has 0 aliphatic carbocycles. The first-order valence-corrected chi connectivity index (χ1v) is 16.7. The number of nitrogens with zero attached hydrogens (tertiary/aromatic N) is 2. The maximum atomic E-state index is 10.7. The van der Waals surface area contributed by atoms with Crippen LogP contribution >= 0.6 is 15.8 Å². The minimum atomic E-state index is -0.00848. The molecule has 0 N–H and O–H groups in total. The van der Waals surface area contributed by atoms with Crippen molar-refractivity contribution in [2.45, 2.75) is 40.5 Å². The van der Waals surface area contributed by atoms with E-state index in [2.05, 4.69) is 37.3 Å². The van der Waals surface area contributed by atoms with Crippen LogP contribution in [0.3, 0.4) is 0 Å². The third-order valence-electron chi connectivity index (χ3n) is 3.70. The van der Waals surface area contributed by atoms with Gasteiger partial charge in [-0.2, -0.15) is 11.4 Å². The first-order chi connectivity index (χ1) is 15.0. The van der Waals surface area contributed by atoms with Crippen LogP contribution in [0.25, 0.3) is 10.6 Å². The molecule has 9 heteroatoms. The second-order valence-electron chi connectivity index (χ2n) is 8.16. The standard InChI is InChI=1S/C12H20N2O2.2C6H15OP.Tc/c1-9(7-11(3)15)13-5-6-14-10(2)8-12(4)16;2*1-7-5-4-6-8(2)3;/h7-8H,5-6H2,1-4H3,(H2,13,14,15,16);2*4-6H2,1-3H3;/i;;;1+1. The summed E-state index contributed by atoms with van der Waals surface area (Å²) in [6, 6.07) is 0. The molecule has 0 atom stereocenters. The average Bonchev–Trinajstić information content (AvgIpc) is 2.65. The van der Waals surface area contributed by atoms with E-state index in [1.165, 1.54) is 51.2 Å². The summed E-state index contributed by atoms with van der Waals surface area (Å²) >= 11 is 0. The molecule has 0 aromatic carbocycles. The first-order valence-electron chi connectivity index (χ1n) is 11.2. The number of methoxy groups -OCH3 is 2. The van der Waals surface area contributed by atoms with Crippen LogP contribution in [-0.2, 0) is 39.2 Å². The summed E-state index contributed by atoms with van der Waals surface area (Å²) < 4.78 is 9.82. The van der Waals surface area contributed by atoms with Crippen molar-refractivity contribution in [3.8, 4) is 0 Å². The molecule has 0 aromatic rings. The van der Waals surface area contributed by atoms with E-state index in [9.17, 15) is 9.59 Å². The third kappa shape index (κ3) is 46.0. The second-order valence-corrected chi connectivity index (χ2v) is 14.0. The number of ether oxygens (including phenoxy) is 2. The van der Waals surface area contributed by atoms with Crippen LogP contribution in [-0.4, -0.2) is 91.1 Å². The van der Waals surface area contributed by atoms with Gasteiger partial charge in [-0.3, -0.25) is 9.59 Å². The van der Waals surface area contributed by atoms with E-state index in [4.69, 9.17) is 9.47 Å². The molecule has 33 heavy (non-hydrogen) atoms. The molecule has 0 heterocycles. The number of carbonyl (C=O) groups is 2. The average molecular weight is 592 g/mol. The normalized spacial score (nSPS) is 11.0. The van der Waals surface area contributed by atoms with Crippen molar-refractivity contribution in [3.63, 3.8) is 0 Å². The molecule has 0 spiro atoms. The number of hydrogen-bond acceptors (Lipinski definition) is 4. The van der Waals surface area contributed by atoms with Crippen molar-refractivity contribution in [3.05, 3.63) is 34.2 Å². The SMILES string of the molecule is CC(=O)/C=C(/C)[N-]CC[N-]/C(C)=C\C(C)=O.COCCC[PH+](C)C.COCCC[PH+](C)C.[99Tc]. The van der Waals surface area contributed by atoms with Crippen molar-refractivity contribution in [2.75, 3.05) is 79.5 Å². The van der Waals surface area contributed by atoms with Crippen LogP contribution in [0.1, 0.15) is 40.5 Å². The van der Waals surface area contributed by atoms with Crippen LogP contribution < -0.4 is 0 Å². The Hall–Kier alpha value is -0.151. The Morgan fingerprint density at radius 2 is 1.00 bits per heavy atom. The molecule has 0 aliphatic heterocycles. The van der Waals surface area contributed by atoms with Gasteiger partial charge in [-0.25, -0.2) is 0 Å². The van der Waals surface area contributed by atoms with Crippen LogP contribution in [0.15, 0.2) is 23.5 Å². The minimum Gasteiger partial charge on any atom is -0.689 e. The molecule has 1 radical (unpaired) electrons. The summed E-state index contributed by atoms with van der Waals surface area (Å²) in [6.45, 7) is 18.8. The van der Waals surface area contributed by atoms with Gasteiger partial charge in [0.2, 0.25) is 0 Å². The molecule has 0 saturated carbocycles. The minimum absolute atomic E-state index is 0. The Balaban J connectivity index is -0.000000209. The van der Waals surface area contributed by atoms with Gasteiger partial charge in [-0.05, 0) is 41.8 Å². The van der Waals surface area contributed by atoms with Crippen LogP contribution in [0.4, 0.5) is 0 Å². The monoisotopic (exact) mass is 591 g/mol. The quantitative estimate of drug-likeness (QED) is 0.139. The molecule has 0 saturated heterocycles. The Morgan fingerprint density at radius 3 is 1.21 bits per heavy atom. The summed E-state index contributed by atoms with van der Waals surface area (Å²) in [6.07, 6.45) is 8.24. The Kier molecular flexibility index (Phi) is 36.3. The van der Waals surface area contributed by atoms with E-state index >= 15 is 0 Å². The van der Waals surface area contributed by atoms with Gasteiger partial charge in [0.05, 0.1) is 12.3 Å². The maximum absolute atomic E-state index is 10.7. The van der Waals surface area contributed by atoms with Gasteiger partial charge < -0.3 is 20.1 Å². The first kappa shape index (κ1) is 40.0. The van der Waals surface area contributed by atoms with Gasteiger partial charge >= 0.3 is 0 Å². The summed E-state index contributed by atoms with van der Waals surface area (Å²) in [7, 11) is 3.55. The van der Waals surface area contributed by atoms with Gasteiger partial charge in [-0.15, -0.1) is 13.1 Å². The summed E-state index contributed by atoms with van der Waals surface area (Å²) in [5, 5.41) is 8.30. The van der Waals surface area contributed by atoms with E-state index in [0.29, 0.717) is 24.5 Å². The van der Waals surface area contributed by atoms with Crippen molar-refractivity contribution in [1.29, 1.82) is 0 Å². The fourth-order valence-electron chi connectivity index (χ4n) is 2.27. The number of ketones is 2. The van der Waals surface area contributed by atoms with Crippen LogP contribution in [0, 0.1) is 0 Å². The van der Waals surface area contributed by atoms with Crippen molar-refractivity contribution in [1.82, 2.24) is 0 Å². The fourth-order valence-corrected chi connectivity index (χ4v) is 3.98. The summed E-state index contributed by atoms with van der Waals surface area (Å²) in [5.41, 5.74) is 1.41. The number of rotatable bonds is 15. The molecule has 0 fully saturated rings. The van der Waals surface area contributed by atoms with Gasteiger partial charge in [0, 0.05) is 87.0 Å². The molecule has 0 aliphatic rings. The van der Waals surface area contributed by atoms with E-state index in [1.807, 2.05) is 0 Å². The van der Waals surface area contributed by atoms with Crippen LogP contribution in [0.2, 0.25) is 0 Å². The van der Waals surface area contributed by atoms with E-state index in [1.54, 1.807) is 28.1 Å². The molecule has 0 amide bonds. The molecular weight excluding hydrogens is 541 g/mol. The molecule has 0 aromatic heterocycles. The largest absolute Gasteiger partial charge is 0.689 e. The fraction of sp³-hybridized carbons (Fsp3) is 0.750. The number of carbonyl (C=O) groups excluding carboxylic acids is 2. The molecule has 0 rings (SSSR count). The maximum Gasteiger partial charge on any atom is 0.151 e. The zero-order chi connectivity index (χ0) is 25.4. The van der Waals surface area contributed by atoms with E-state index in [0.717, 1.165) is 13.2 Å². The molecule has 0 unspecified atom stereocenters. The molecule has 6 nitrogen and oxygen atoms in total. The van der Waals surface area contributed by atoms with Crippen LogP contribution in [0.5, 0.6) is 0 Å². The molecular formula is C24H50N2O4P2Tc. The third-order valence-corrected chi connectivity index (χ3v) is 6.40. The summed E-state index contributed by atoms with van der Waals surface area (Å²) in [5.74, 6) is -0.0170. The zero-order valence-electron chi connectivity index (χ0n) is 22.7. The van der Waals surface area contributed by atoms with Gasteiger partial charge in [0.15, 0.2) is 11.6 Å². The molecule has 0 bridgehead atoms. The predicted molar refractivity (Wildman–Crippen MR) is 148 cm³/mol. The number of hydrogen-bond donors (Lipinski definition) is 0. The topological polar surface area (TPSA) is 80.8 Å². The molecule has 197 valence electrons. The second kappa shape index (κ2) is 29.9. The Morgan fingerprint density at radius 1 is 0.697 bits per heavy atom. The smallest absolute Gasteiger partial charge is 0.151 e. The van der Waals surface area contributed by atoms with Gasteiger partial charge in [-0.1, -0.05) is 13.8 Å². The zero-order valence-corrected chi connectivity index (χ0v) is 26.6. The predicted octanol–water partition coefficient (Wildman–Crippen LogP) is 5.71.